The first-order chi connectivity index (χ1) is 15.1. The fourth-order valence-corrected chi connectivity index (χ4v) is 4.45. The Morgan fingerprint density at radius 2 is 1.66 bits per heavy atom. The van der Waals surface area contributed by atoms with Gasteiger partial charge in [0.1, 0.15) is 5.69 Å². The number of rotatable bonds is 4. The van der Waals surface area contributed by atoms with Gasteiger partial charge in [-0.3, -0.25) is 4.55 Å². The standard InChI is InChI=1S/C21H17N3O6S2/c1-11-2-7-18(17-10-14(32(28,29)30)4-6-15(11)17)23-24-20-19(31(26)27)9-12-8-13(22)3-5-16(12)21(20)25/h2-10,25H,22H2,1H3,(H,26,27)(H,28,29,30). The SMILES string of the molecule is Cc1ccc(N=Nc2c(S(=O)O)cc3cc(N)ccc3c2O)c2cc(S(=O)(=O)O)ccc12. The molecule has 0 radical (unpaired) electrons. The van der Waals surface area contributed by atoms with Gasteiger partial charge in [0, 0.05) is 16.5 Å². The Balaban J connectivity index is 1.94. The predicted octanol–water partition coefficient (Wildman–Crippen LogP) is 4.83. The molecule has 0 saturated heterocycles. The minimum absolute atomic E-state index is 0.167. The van der Waals surface area contributed by atoms with Crippen molar-refractivity contribution in [3.8, 4) is 5.75 Å². The minimum Gasteiger partial charge on any atom is -0.505 e. The third-order valence-electron chi connectivity index (χ3n) is 5.00. The number of aryl methyl sites for hydroxylation is 1. The van der Waals surface area contributed by atoms with E-state index in [0.29, 0.717) is 27.2 Å². The highest BCUT2D eigenvalue weighted by molar-refractivity contribution is 7.85. The van der Waals surface area contributed by atoms with Crippen LogP contribution in [0.1, 0.15) is 5.56 Å². The smallest absolute Gasteiger partial charge is 0.294 e. The molecule has 32 heavy (non-hydrogen) atoms. The zero-order valence-electron chi connectivity index (χ0n) is 16.6. The summed E-state index contributed by atoms with van der Waals surface area (Å²) in [5, 5.41) is 20.7. The van der Waals surface area contributed by atoms with Gasteiger partial charge in [0.05, 0.1) is 15.5 Å². The zero-order valence-corrected chi connectivity index (χ0v) is 18.2. The molecule has 0 aliphatic rings. The van der Waals surface area contributed by atoms with Gasteiger partial charge in [-0.15, -0.1) is 10.2 Å². The molecule has 0 bridgehead atoms. The Morgan fingerprint density at radius 3 is 2.34 bits per heavy atom. The first-order valence-corrected chi connectivity index (χ1v) is 11.7. The molecule has 4 rings (SSSR count). The maximum atomic E-state index is 11.9. The number of nitrogen functional groups attached to an aromatic ring is 1. The quantitative estimate of drug-likeness (QED) is 0.143. The van der Waals surface area contributed by atoms with E-state index in [2.05, 4.69) is 10.2 Å². The molecule has 11 heteroatoms. The van der Waals surface area contributed by atoms with Crippen LogP contribution in [0.5, 0.6) is 5.75 Å². The van der Waals surface area contributed by atoms with Gasteiger partial charge in [-0.25, -0.2) is 4.21 Å². The van der Waals surface area contributed by atoms with Crippen LogP contribution in [0.4, 0.5) is 17.1 Å². The number of phenolic OH excluding ortho intramolecular Hbond substituents is 1. The van der Waals surface area contributed by atoms with Gasteiger partial charge in [0.2, 0.25) is 0 Å². The van der Waals surface area contributed by atoms with E-state index in [1.165, 1.54) is 18.2 Å². The summed E-state index contributed by atoms with van der Waals surface area (Å²) in [6.07, 6.45) is 0. The van der Waals surface area contributed by atoms with Crippen LogP contribution in [0.25, 0.3) is 21.5 Å². The Kier molecular flexibility index (Phi) is 5.42. The number of fused-ring (bicyclic) bond motifs is 2. The molecular formula is C21H17N3O6S2. The van der Waals surface area contributed by atoms with E-state index >= 15 is 0 Å². The summed E-state index contributed by atoms with van der Waals surface area (Å²) in [7, 11) is -4.44. The summed E-state index contributed by atoms with van der Waals surface area (Å²) < 4.78 is 54.1. The maximum absolute atomic E-state index is 11.9. The van der Waals surface area contributed by atoms with Gasteiger partial charge in [-0.2, -0.15) is 8.42 Å². The Bertz CT molecular complexity index is 1570. The molecule has 5 N–H and O–H groups in total. The fraction of sp³-hybridized carbons (Fsp3) is 0.0476. The molecule has 4 aromatic carbocycles. The maximum Gasteiger partial charge on any atom is 0.294 e. The number of aromatic hydroxyl groups is 1. The van der Waals surface area contributed by atoms with E-state index in [1.807, 2.05) is 6.92 Å². The van der Waals surface area contributed by atoms with Crippen molar-refractivity contribution in [2.75, 3.05) is 5.73 Å². The van der Waals surface area contributed by atoms with E-state index < -0.39 is 21.2 Å². The van der Waals surface area contributed by atoms with Crippen molar-refractivity contribution in [1.29, 1.82) is 0 Å². The average molecular weight is 472 g/mol. The normalized spacial score (nSPS) is 13.2. The Labute approximate surface area is 185 Å². The van der Waals surface area contributed by atoms with Crippen LogP contribution in [0, 0.1) is 6.92 Å². The Hall–Kier alpha value is -3.38. The molecule has 0 saturated carbocycles. The number of phenols is 1. The summed E-state index contributed by atoms with van der Waals surface area (Å²) in [4.78, 5) is -0.477. The van der Waals surface area contributed by atoms with Crippen molar-refractivity contribution < 1.29 is 26.8 Å². The van der Waals surface area contributed by atoms with E-state index in [-0.39, 0.29) is 26.9 Å². The number of benzene rings is 4. The van der Waals surface area contributed by atoms with Crippen molar-refractivity contribution in [2.24, 2.45) is 10.2 Å². The molecule has 0 fully saturated rings. The number of anilines is 1. The highest BCUT2D eigenvalue weighted by Gasteiger charge is 2.18. The number of nitrogens with zero attached hydrogens (tertiary/aromatic N) is 2. The molecule has 0 spiro atoms. The van der Waals surface area contributed by atoms with E-state index in [1.54, 1.807) is 36.4 Å². The van der Waals surface area contributed by atoms with Gasteiger partial charge >= 0.3 is 0 Å². The van der Waals surface area contributed by atoms with Crippen LogP contribution in [-0.4, -0.2) is 26.8 Å². The van der Waals surface area contributed by atoms with E-state index in [4.69, 9.17) is 5.73 Å². The van der Waals surface area contributed by atoms with Crippen molar-refractivity contribution >= 4 is 59.8 Å². The van der Waals surface area contributed by atoms with E-state index in [9.17, 15) is 26.8 Å². The molecule has 1 unspecified atom stereocenters. The molecule has 4 aromatic rings. The van der Waals surface area contributed by atoms with Gasteiger partial charge in [-0.05, 0) is 65.7 Å². The highest BCUT2D eigenvalue weighted by Crippen LogP contribution is 2.41. The van der Waals surface area contributed by atoms with Crippen LogP contribution >= 0.6 is 0 Å². The van der Waals surface area contributed by atoms with Crippen molar-refractivity contribution in [3.05, 3.63) is 60.2 Å². The van der Waals surface area contributed by atoms with Crippen molar-refractivity contribution in [1.82, 2.24) is 0 Å². The predicted molar refractivity (Wildman–Crippen MR) is 122 cm³/mol. The van der Waals surface area contributed by atoms with Gasteiger partial charge in [0.25, 0.3) is 10.1 Å². The summed E-state index contributed by atoms with van der Waals surface area (Å²) in [5.41, 5.74) is 7.05. The molecule has 0 aliphatic heterocycles. The largest absolute Gasteiger partial charge is 0.505 e. The topological polar surface area (TPSA) is 163 Å². The minimum atomic E-state index is -4.44. The van der Waals surface area contributed by atoms with Crippen LogP contribution < -0.4 is 5.73 Å². The number of hydrogen-bond donors (Lipinski definition) is 4. The van der Waals surface area contributed by atoms with Gasteiger partial charge in [0.15, 0.2) is 16.8 Å². The van der Waals surface area contributed by atoms with Crippen LogP contribution in [0.15, 0.2) is 74.6 Å². The monoisotopic (exact) mass is 471 g/mol. The second-order valence-electron chi connectivity index (χ2n) is 7.09. The van der Waals surface area contributed by atoms with Crippen LogP contribution in [-0.2, 0) is 21.2 Å². The first-order valence-electron chi connectivity index (χ1n) is 9.15. The summed E-state index contributed by atoms with van der Waals surface area (Å²) in [5.74, 6) is -0.348. The zero-order chi connectivity index (χ0) is 23.2. The molecule has 0 aromatic heterocycles. The third-order valence-corrected chi connectivity index (χ3v) is 6.54. The van der Waals surface area contributed by atoms with Crippen LogP contribution in [0.3, 0.4) is 0 Å². The highest BCUT2D eigenvalue weighted by atomic mass is 32.2. The molecule has 9 nitrogen and oxygen atoms in total. The van der Waals surface area contributed by atoms with Gasteiger partial charge < -0.3 is 15.4 Å². The van der Waals surface area contributed by atoms with Crippen molar-refractivity contribution in [2.45, 2.75) is 16.7 Å². The summed E-state index contributed by atoms with van der Waals surface area (Å²) >= 11 is -2.48. The molecule has 0 amide bonds. The first kappa shape index (κ1) is 21.8. The Morgan fingerprint density at radius 1 is 0.938 bits per heavy atom. The lowest BCUT2D eigenvalue weighted by Crippen LogP contribution is -1.97. The molecule has 0 heterocycles. The molecule has 1 atom stereocenters. The average Bonchev–Trinajstić information content (AvgIpc) is 2.73. The number of azo groups is 1. The van der Waals surface area contributed by atoms with Gasteiger partial charge in [-0.1, -0.05) is 12.1 Å². The molecule has 164 valence electrons. The summed E-state index contributed by atoms with van der Waals surface area (Å²) in [6, 6.07) is 13.5. The van der Waals surface area contributed by atoms with Crippen LogP contribution in [0.2, 0.25) is 0 Å². The third kappa shape index (κ3) is 3.94. The summed E-state index contributed by atoms with van der Waals surface area (Å²) in [6.45, 7) is 1.82. The van der Waals surface area contributed by atoms with Crippen molar-refractivity contribution in [3.63, 3.8) is 0 Å². The van der Waals surface area contributed by atoms with E-state index in [0.717, 1.165) is 5.56 Å². The second-order valence-corrected chi connectivity index (χ2v) is 9.45. The molecule has 0 aliphatic carbocycles. The second kappa shape index (κ2) is 7.95. The fourth-order valence-electron chi connectivity index (χ4n) is 3.41. The number of hydrogen-bond acceptors (Lipinski definition) is 7. The molecular weight excluding hydrogens is 454 g/mol. The lowest BCUT2D eigenvalue weighted by atomic mass is 10.0. The number of nitrogens with two attached hydrogens (primary N) is 1. The lowest BCUT2D eigenvalue weighted by Gasteiger charge is -2.09. The lowest BCUT2D eigenvalue weighted by molar-refractivity contribution is 0.480.